The molecule has 0 saturated heterocycles. The largest absolute Gasteiger partial charge is 0.356 e. The fraction of sp³-hybridized carbons (Fsp3) is 0.931. The Morgan fingerprint density at radius 2 is 0.677 bits per heavy atom. The number of hydrogen-bond donors (Lipinski definition) is 0. The molecule has 1 rings (SSSR count). The molecule has 184 valence electrons. The predicted octanol–water partition coefficient (Wildman–Crippen LogP) is 9.65. The van der Waals surface area contributed by atoms with Crippen LogP contribution in [0.4, 0.5) is 0 Å². The summed E-state index contributed by atoms with van der Waals surface area (Å²) >= 11 is 0. The normalized spacial score (nSPS) is 16.0. The van der Waals surface area contributed by atoms with Gasteiger partial charge in [0.1, 0.15) is 0 Å². The molecule has 0 aromatic carbocycles. The standard InChI is InChI=1S/C29H58N2/c1-4-6-8-10-12-14-15-16-17-18-20-22-24-26-31-28-27-30(29(31)3)25-23-21-19-13-11-9-7-5-2/h27-29H,4-26H2,1-3H3. The van der Waals surface area contributed by atoms with Gasteiger partial charge in [-0.3, -0.25) is 0 Å². The summed E-state index contributed by atoms with van der Waals surface area (Å²) in [5.41, 5.74) is 0. The summed E-state index contributed by atoms with van der Waals surface area (Å²) in [4.78, 5) is 5.11. The summed E-state index contributed by atoms with van der Waals surface area (Å²) < 4.78 is 0. The van der Waals surface area contributed by atoms with E-state index in [0.29, 0.717) is 6.17 Å². The lowest BCUT2D eigenvalue weighted by molar-refractivity contribution is 0.165. The number of rotatable bonds is 23. The fourth-order valence-corrected chi connectivity index (χ4v) is 4.87. The zero-order valence-corrected chi connectivity index (χ0v) is 21.9. The third kappa shape index (κ3) is 15.7. The van der Waals surface area contributed by atoms with Crippen LogP contribution in [0.2, 0.25) is 0 Å². The second-order valence-electron chi connectivity index (χ2n) is 10.1. The van der Waals surface area contributed by atoms with E-state index in [2.05, 4.69) is 43.0 Å². The van der Waals surface area contributed by atoms with Gasteiger partial charge in [0.25, 0.3) is 0 Å². The monoisotopic (exact) mass is 434 g/mol. The first-order valence-electron chi connectivity index (χ1n) is 14.5. The summed E-state index contributed by atoms with van der Waals surface area (Å²) in [7, 11) is 0. The van der Waals surface area contributed by atoms with Crippen molar-refractivity contribution < 1.29 is 0 Å². The van der Waals surface area contributed by atoms with E-state index in [1.165, 1.54) is 148 Å². The lowest BCUT2D eigenvalue weighted by Gasteiger charge is -2.30. The zero-order chi connectivity index (χ0) is 22.4. The van der Waals surface area contributed by atoms with Crippen molar-refractivity contribution in [2.24, 2.45) is 0 Å². The van der Waals surface area contributed by atoms with E-state index in [1.807, 2.05) is 0 Å². The minimum atomic E-state index is 0.571. The van der Waals surface area contributed by atoms with E-state index in [1.54, 1.807) is 0 Å². The van der Waals surface area contributed by atoms with Gasteiger partial charge in [0.15, 0.2) is 0 Å². The quantitative estimate of drug-likeness (QED) is 0.148. The molecular weight excluding hydrogens is 376 g/mol. The van der Waals surface area contributed by atoms with E-state index >= 15 is 0 Å². The first kappa shape index (κ1) is 28.4. The van der Waals surface area contributed by atoms with E-state index < -0.39 is 0 Å². The smallest absolute Gasteiger partial charge is 0.0977 e. The molecule has 1 aliphatic heterocycles. The van der Waals surface area contributed by atoms with Gasteiger partial charge >= 0.3 is 0 Å². The van der Waals surface area contributed by atoms with Crippen molar-refractivity contribution in [3.8, 4) is 0 Å². The zero-order valence-electron chi connectivity index (χ0n) is 21.9. The van der Waals surface area contributed by atoms with Gasteiger partial charge in [0.2, 0.25) is 0 Å². The molecule has 2 heteroatoms. The summed E-state index contributed by atoms with van der Waals surface area (Å²) in [6.45, 7) is 9.46. The number of unbranched alkanes of at least 4 members (excludes halogenated alkanes) is 19. The first-order valence-corrected chi connectivity index (χ1v) is 14.5. The van der Waals surface area contributed by atoms with Crippen molar-refractivity contribution in [2.75, 3.05) is 13.1 Å². The van der Waals surface area contributed by atoms with Crippen LogP contribution in [0, 0.1) is 0 Å². The van der Waals surface area contributed by atoms with Gasteiger partial charge in [-0.25, -0.2) is 0 Å². The molecule has 31 heavy (non-hydrogen) atoms. The molecule has 0 aromatic heterocycles. The van der Waals surface area contributed by atoms with Gasteiger partial charge in [-0.2, -0.15) is 0 Å². The van der Waals surface area contributed by atoms with Crippen molar-refractivity contribution in [1.29, 1.82) is 0 Å². The van der Waals surface area contributed by atoms with E-state index in [4.69, 9.17) is 0 Å². The maximum atomic E-state index is 2.56. The van der Waals surface area contributed by atoms with Crippen LogP contribution in [-0.4, -0.2) is 29.1 Å². The molecule has 1 atom stereocenters. The second kappa shape index (κ2) is 21.2. The van der Waals surface area contributed by atoms with E-state index in [0.717, 1.165) is 0 Å². The van der Waals surface area contributed by atoms with Crippen LogP contribution in [0.15, 0.2) is 12.4 Å². The van der Waals surface area contributed by atoms with Crippen LogP contribution in [0.1, 0.15) is 156 Å². The molecule has 1 heterocycles. The van der Waals surface area contributed by atoms with Gasteiger partial charge in [0, 0.05) is 25.5 Å². The van der Waals surface area contributed by atoms with Crippen molar-refractivity contribution in [2.45, 2.75) is 162 Å². The molecule has 0 saturated carbocycles. The van der Waals surface area contributed by atoms with Gasteiger partial charge in [0.05, 0.1) is 6.17 Å². The van der Waals surface area contributed by atoms with Gasteiger partial charge in [-0.1, -0.05) is 136 Å². The van der Waals surface area contributed by atoms with Crippen LogP contribution in [0.5, 0.6) is 0 Å². The summed E-state index contributed by atoms with van der Waals surface area (Å²) in [6, 6.07) is 0. The SMILES string of the molecule is CCCCCCCCCCCCCCCN1C=CN(CCCCCCCCCC)C1C. The molecule has 2 nitrogen and oxygen atoms in total. The van der Waals surface area contributed by atoms with Crippen LogP contribution in [0.3, 0.4) is 0 Å². The van der Waals surface area contributed by atoms with Gasteiger partial charge < -0.3 is 9.80 Å². The van der Waals surface area contributed by atoms with Crippen LogP contribution in [0.25, 0.3) is 0 Å². The Labute approximate surface area is 197 Å². The molecule has 0 aromatic rings. The van der Waals surface area contributed by atoms with Gasteiger partial charge in [-0.05, 0) is 19.8 Å². The Bertz CT molecular complexity index is 392. The summed E-state index contributed by atoms with van der Waals surface area (Å²) in [5.74, 6) is 0. The molecule has 0 amide bonds. The maximum Gasteiger partial charge on any atom is 0.0977 e. The Morgan fingerprint density at radius 1 is 0.419 bits per heavy atom. The Hall–Kier alpha value is -0.660. The predicted molar refractivity (Wildman–Crippen MR) is 140 cm³/mol. The highest BCUT2D eigenvalue weighted by atomic mass is 15.4. The first-order chi connectivity index (χ1) is 15.3. The molecule has 0 spiro atoms. The Balaban J connectivity index is 1.87. The van der Waals surface area contributed by atoms with Crippen molar-refractivity contribution in [3.05, 3.63) is 12.4 Å². The lowest BCUT2D eigenvalue weighted by Crippen LogP contribution is -2.36. The van der Waals surface area contributed by atoms with Crippen LogP contribution >= 0.6 is 0 Å². The minimum Gasteiger partial charge on any atom is -0.356 e. The van der Waals surface area contributed by atoms with Crippen molar-refractivity contribution in [1.82, 2.24) is 9.80 Å². The minimum absolute atomic E-state index is 0.571. The third-order valence-corrected chi connectivity index (χ3v) is 7.20. The number of hydrogen-bond acceptors (Lipinski definition) is 2. The molecule has 1 unspecified atom stereocenters. The lowest BCUT2D eigenvalue weighted by atomic mass is 10.0. The molecule has 0 aliphatic carbocycles. The topological polar surface area (TPSA) is 6.48 Å². The fourth-order valence-electron chi connectivity index (χ4n) is 4.87. The van der Waals surface area contributed by atoms with Crippen molar-refractivity contribution in [3.63, 3.8) is 0 Å². The average Bonchev–Trinajstić information content (AvgIpc) is 3.12. The molecule has 1 aliphatic rings. The Kier molecular flexibility index (Phi) is 19.4. The molecule has 0 radical (unpaired) electrons. The highest BCUT2D eigenvalue weighted by molar-refractivity contribution is 4.95. The maximum absolute atomic E-state index is 2.56. The Morgan fingerprint density at radius 3 is 0.968 bits per heavy atom. The summed E-state index contributed by atoms with van der Waals surface area (Å²) in [6.07, 6.45) is 35.3. The second-order valence-corrected chi connectivity index (χ2v) is 10.1. The third-order valence-electron chi connectivity index (χ3n) is 7.20. The molecular formula is C29H58N2. The summed E-state index contributed by atoms with van der Waals surface area (Å²) in [5, 5.41) is 0. The van der Waals surface area contributed by atoms with E-state index in [9.17, 15) is 0 Å². The van der Waals surface area contributed by atoms with Gasteiger partial charge in [-0.15, -0.1) is 0 Å². The van der Waals surface area contributed by atoms with E-state index in [-0.39, 0.29) is 0 Å². The molecule has 0 bridgehead atoms. The average molecular weight is 435 g/mol. The highest BCUT2D eigenvalue weighted by Crippen LogP contribution is 2.19. The van der Waals surface area contributed by atoms with Crippen LogP contribution < -0.4 is 0 Å². The molecule has 0 N–H and O–H groups in total. The van der Waals surface area contributed by atoms with Crippen molar-refractivity contribution >= 4 is 0 Å². The molecule has 0 fully saturated rings. The highest BCUT2D eigenvalue weighted by Gasteiger charge is 2.20. The number of nitrogens with zero attached hydrogens (tertiary/aromatic N) is 2. The van der Waals surface area contributed by atoms with Crippen LogP contribution in [-0.2, 0) is 0 Å².